The lowest BCUT2D eigenvalue weighted by atomic mass is 9.67. The summed E-state index contributed by atoms with van der Waals surface area (Å²) in [5.74, 6) is 0. The topological polar surface area (TPSA) is 6.48 Å². The number of anilines is 6. The smallest absolute Gasteiger partial charge is 0.0727 e. The molecule has 428 valence electrons. The Hall–Kier alpha value is -7.24. The third-order valence-electron chi connectivity index (χ3n) is 19.5. The minimum atomic E-state index is -0.699. The van der Waals surface area contributed by atoms with Gasteiger partial charge in [-0.1, -0.05) is 270 Å². The Morgan fingerprint density at radius 2 is 0.671 bits per heavy atom. The van der Waals surface area contributed by atoms with Gasteiger partial charge in [-0.25, -0.2) is 0 Å². The van der Waals surface area contributed by atoms with Crippen molar-refractivity contribution in [2.45, 2.75) is 135 Å². The predicted molar refractivity (Wildman–Crippen MR) is 371 cm³/mol. The van der Waals surface area contributed by atoms with Crippen molar-refractivity contribution in [2.24, 2.45) is 0 Å². The fraction of sp³-hybridized carbons (Fsp3) is 0.259. The number of fused-ring (bicyclic) bond motifs is 10. The van der Waals surface area contributed by atoms with E-state index in [1.54, 1.807) is 0 Å². The Bertz CT molecular complexity index is 3700. The van der Waals surface area contributed by atoms with Gasteiger partial charge in [0.1, 0.15) is 0 Å². The zero-order valence-corrected chi connectivity index (χ0v) is 53.7. The molecule has 0 fully saturated rings. The first-order chi connectivity index (χ1) is 41.5. The van der Waals surface area contributed by atoms with Crippen molar-refractivity contribution in [1.29, 1.82) is 0 Å². The van der Waals surface area contributed by atoms with Crippen LogP contribution in [0.15, 0.2) is 239 Å². The SMILES string of the molecule is CCCCCCC(C)(CC)c1ccc2c(c1)C1(c3cc(N(c4ccc(Br)cc4)c4ccccc4-c4ccccc4)ccc3-c3ccc(N(c4ccc(Br)cc4)c4ccccc4-c4ccccc4)cc31)c1cc(C(C)(CC)CCCCCC)ccc1-2. The quantitative estimate of drug-likeness (QED) is 0.0624. The molecular formula is C81H80Br2N2. The van der Waals surface area contributed by atoms with Gasteiger partial charge in [0.05, 0.1) is 16.8 Å². The summed E-state index contributed by atoms with van der Waals surface area (Å²) in [5, 5.41) is 0. The first-order valence-electron chi connectivity index (χ1n) is 31.5. The van der Waals surface area contributed by atoms with E-state index in [2.05, 4.69) is 314 Å². The van der Waals surface area contributed by atoms with Crippen LogP contribution in [0, 0.1) is 0 Å². The van der Waals surface area contributed by atoms with Crippen molar-refractivity contribution in [3.63, 3.8) is 0 Å². The average molecular weight is 1240 g/mol. The molecule has 12 rings (SSSR count). The van der Waals surface area contributed by atoms with Crippen LogP contribution in [0.1, 0.15) is 152 Å². The maximum atomic E-state index is 3.82. The molecule has 0 aromatic heterocycles. The van der Waals surface area contributed by atoms with Gasteiger partial charge in [0, 0.05) is 42.8 Å². The van der Waals surface area contributed by atoms with Crippen molar-refractivity contribution in [3.05, 3.63) is 273 Å². The maximum Gasteiger partial charge on any atom is 0.0727 e. The van der Waals surface area contributed by atoms with E-state index in [4.69, 9.17) is 0 Å². The van der Waals surface area contributed by atoms with Crippen LogP contribution in [-0.4, -0.2) is 0 Å². The minimum absolute atomic E-state index is 0.00378. The largest absolute Gasteiger partial charge is 0.310 e. The molecule has 0 bridgehead atoms. The summed E-state index contributed by atoms with van der Waals surface area (Å²) in [5.41, 5.74) is 24.3. The predicted octanol–water partition coefficient (Wildman–Crippen LogP) is 25.1. The molecule has 2 unspecified atom stereocenters. The summed E-state index contributed by atoms with van der Waals surface area (Å²) in [6.07, 6.45) is 14.5. The van der Waals surface area contributed by atoms with Crippen LogP contribution < -0.4 is 9.80 Å². The van der Waals surface area contributed by atoms with Gasteiger partial charge in [-0.15, -0.1) is 0 Å². The van der Waals surface area contributed by atoms with Crippen LogP contribution in [0.3, 0.4) is 0 Å². The fourth-order valence-corrected chi connectivity index (χ4v) is 14.8. The Kier molecular flexibility index (Phi) is 17.1. The second kappa shape index (κ2) is 25.0. The first-order valence-corrected chi connectivity index (χ1v) is 33.1. The van der Waals surface area contributed by atoms with Crippen LogP contribution in [0.5, 0.6) is 0 Å². The summed E-state index contributed by atoms with van der Waals surface area (Å²) in [6, 6.07) is 87.9. The standard InChI is InChI=1S/C81H80Br2N2/c1-7-11-13-25-51-79(5,9-3)59-35-47-69-70-48-36-60(80(6,10-4)52-26-14-12-8-2)54-74(70)81(73(69)53-59)75-55-65(84(63-41-37-61(82)38-42-63)77-33-23-21-31-67(77)57-27-17-15-18-28-57)45-49-71(75)72-50-46-66(56-76(72)81)85(64-43-39-62(83)40-44-64)78-34-24-22-32-68(78)58-29-19-16-20-30-58/h15-24,27-50,53-56H,7-14,25-26,51-52H2,1-6H3. The van der Waals surface area contributed by atoms with E-state index in [0.717, 1.165) is 68.8 Å². The number of nitrogens with zero attached hydrogens (tertiary/aromatic N) is 2. The highest BCUT2D eigenvalue weighted by atomic mass is 79.9. The number of unbranched alkanes of at least 4 members (excludes halogenated alkanes) is 6. The molecule has 2 aliphatic rings. The minimum Gasteiger partial charge on any atom is -0.310 e. The molecule has 0 heterocycles. The van der Waals surface area contributed by atoms with Crippen LogP contribution in [0.25, 0.3) is 44.5 Å². The molecule has 2 aliphatic carbocycles. The van der Waals surface area contributed by atoms with E-state index in [1.807, 2.05) is 0 Å². The second-order valence-electron chi connectivity index (χ2n) is 24.6. The van der Waals surface area contributed by atoms with Gasteiger partial charge in [0.2, 0.25) is 0 Å². The van der Waals surface area contributed by atoms with Gasteiger partial charge in [-0.2, -0.15) is 0 Å². The van der Waals surface area contributed by atoms with E-state index < -0.39 is 5.41 Å². The van der Waals surface area contributed by atoms with Gasteiger partial charge in [0.15, 0.2) is 0 Å². The summed E-state index contributed by atoms with van der Waals surface area (Å²) >= 11 is 7.64. The van der Waals surface area contributed by atoms with E-state index in [1.165, 1.54) is 129 Å². The van der Waals surface area contributed by atoms with Crippen LogP contribution >= 0.6 is 31.9 Å². The highest BCUT2D eigenvalue weighted by Gasteiger charge is 2.53. The van der Waals surface area contributed by atoms with Crippen molar-refractivity contribution < 1.29 is 0 Å². The maximum absolute atomic E-state index is 3.82. The molecule has 0 N–H and O–H groups in total. The highest BCUT2D eigenvalue weighted by Crippen LogP contribution is 2.65. The summed E-state index contributed by atoms with van der Waals surface area (Å²) in [4.78, 5) is 5.01. The zero-order chi connectivity index (χ0) is 58.7. The Morgan fingerprint density at radius 1 is 0.329 bits per heavy atom. The summed E-state index contributed by atoms with van der Waals surface area (Å²) < 4.78 is 2.10. The van der Waals surface area contributed by atoms with Gasteiger partial charge in [-0.05, 0) is 188 Å². The van der Waals surface area contributed by atoms with Crippen LogP contribution in [0.4, 0.5) is 34.1 Å². The molecule has 2 atom stereocenters. The summed E-state index contributed by atoms with van der Waals surface area (Å²) in [7, 11) is 0. The number of benzene rings is 10. The lowest BCUT2D eigenvalue weighted by Crippen LogP contribution is -2.29. The molecule has 0 saturated carbocycles. The molecule has 1 spiro atoms. The van der Waals surface area contributed by atoms with Crippen molar-refractivity contribution in [1.82, 2.24) is 0 Å². The van der Waals surface area contributed by atoms with E-state index in [9.17, 15) is 0 Å². The normalized spacial score (nSPS) is 14.0. The van der Waals surface area contributed by atoms with Gasteiger partial charge in [-0.3, -0.25) is 0 Å². The monoisotopic (exact) mass is 1240 g/mol. The van der Waals surface area contributed by atoms with Crippen molar-refractivity contribution >= 4 is 66.0 Å². The molecule has 85 heavy (non-hydrogen) atoms. The number of para-hydroxylation sites is 2. The molecule has 0 saturated heterocycles. The molecule has 10 aromatic carbocycles. The fourth-order valence-electron chi connectivity index (χ4n) is 14.3. The average Bonchev–Trinajstić information content (AvgIpc) is 1.52. The molecule has 0 aliphatic heterocycles. The number of hydrogen-bond acceptors (Lipinski definition) is 2. The summed E-state index contributed by atoms with van der Waals surface area (Å²) in [6.45, 7) is 14.6. The Balaban J connectivity index is 1.18. The second-order valence-corrected chi connectivity index (χ2v) is 26.4. The number of hydrogen-bond donors (Lipinski definition) is 0. The Morgan fingerprint density at radius 3 is 1.05 bits per heavy atom. The molecule has 0 radical (unpaired) electrons. The molecular weight excluding hydrogens is 1160 g/mol. The number of rotatable bonds is 22. The molecule has 4 heteroatoms. The van der Waals surface area contributed by atoms with Crippen molar-refractivity contribution in [2.75, 3.05) is 9.80 Å². The third-order valence-corrected chi connectivity index (χ3v) is 20.6. The van der Waals surface area contributed by atoms with Gasteiger partial charge >= 0.3 is 0 Å². The van der Waals surface area contributed by atoms with Crippen LogP contribution in [0.2, 0.25) is 0 Å². The lowest BCUT2D eigenvalue weighted by Gasteiger charge is -2.36. The van der Waals surface area contributed by atoms with E-state index in [0.29, 0.717) is 0 Å². The van der Waals surface area contributed by atoms with Crippen LogP contribution in [-0.2, 0) is 16.2 Å². The number of halogens is 2. The molecule has 10 aromatic rings. The lowest BCUT2D eigenvalue weighted by molar-refractivity contribution is 0.395. The van der Waals surface area contributed by atoms with E-state index in [-0.39, 0.29) is 10.8 Å². The molecule has 0 amide bonds. The molecule has 2 nitrogen and oxygen atoms in total. The highest BCUT2D eigenvalue weighted by molar-refractivity contribution is 9.10. The van der Waals surface area contributed by atoms with Crippen molar-refractivity contribution in [3.8, 4) is 44.5 Å². The van der Waals surface area contributed by atoms with Gasteiger partial charge in [0.25, 0.3) is 0 Å². The van der Waals surface area contributed by atoms with E-state index >= 15 is 0 Å². The third kappa shape index (κ3) is 10.9. The zero-order valence-electron chi connectivity index (χ0n) is 50.6. The first kappa shape index (κ1) is 58.2. The Labute approximate surface area is 524 Å². The van der Waals surface area contributed by atoms with Gasteiger partial charge < -0.3 is 9.80 Å².